The Kier molecular flexibility index (Phi) is 2.22. The number of nitrogens with two attached hydrogens (primary N) is 1. The monoisotopic (exact) mass is 191 g/mol. The topological polar surface area (TPSA) is 61.7 Å². The molecular weight excluding hydrogens is 178 g/mol. The molecule has 0 atom stereocenters. The van der Waals surface area contributed by atoms with Gasteiger partial charge in [-0.05, 0) is 0 Å². The molecule has 0 saturated heterocycles. The molecule has 2 heterocycles. The fraction of sp³-hybridized carbons (Fsp3) is 0.333. The maximum absolute atomic E-state index is 5.64. The first-order chi connectivity index (χ1) is 6.77. The Bertz CT molecular complexity index is 374. The van der Waals surface area contributed by atoms with Crippen molar-refractivity contribution in [3.63, 3.8) is 0 Å². The van der Waals surface area contributed by atoms with Crippen molar-refractivity contribution in [2.24, 2.45) is 7.05 Å². The van der Waals surface area contributed by atoms with Crippen LogP contribution in [0.15, 0.2) is 24.8 Å². The van der Waals surface area contributed by atoms with Crippen molar-refractivity contribution in [1.82, 2.24) is 19.1 Å². The molecule has 0 unspecified atom stereocenters. The second kappa shape index (κ2) is 3.53. The Morgan fingerprint density at radius 2 is 2.07 bits per heavy atom. The second-order valence-corrected chi connectivity index (χ2v) is 3.18. The minimum Gasteiger partial charge on any atom is -0.369 e. The third kappa shape index (κ3) is 1.61. The maximum atomic E-state index is 5.64. The average molecular weight is 191 g/mol. The van der Waals surface area contributed by atoms with Crippen LogP contribution in [0.1, 0.15) is 5.82 Å². The van der Waals surface area contributed by atoms with Crippen LogP contribution in [0.2, 0.25) is 0 Å². The van der Waals surface area contributed by atoms with Crippen molar-refractivity contribution < 1.29 is 0 Å². The maximum Gasteiger partial charge on any atom is 0.200 e. The summed E-state index contributed by atoms with van der Waals surface area (Å²) in [5.74, 6) is 1.61. The molecule has 0 spiro atoms. The highest BCUT2D eigenvalue weighted by molar-refractivity contribution is 5.16. The molecule has 5 nitrogen and oxygen atoms in total. The van der Waals surface area contributed by atoms with E-state index in [0.717, 1.165) is 18.8 Å². The summed E-state index contributed by atoms with van der Waals surface area (Å²) >= 11 is 0. The predicted molar refractivity (Wildman–Crippen MR) is 53.6 cm³/mol. The molecule has 0 saturated carbocycles. The number of nitrogen functional groups attached to an aromatic ring is 1. The van der Waals surface area contributed by atoms with Gasteiger partial charge in [0.15, 0.2) is 5.95 Å². The summed E-state index contributed by atoms with van der Waals surface area (Å²) < 4.78 is 3.92. The largest absolute Gasteiger partial charge is 0.369 e. The zero-order valence-electron chi connectivity index (χ0n) is 8.09. The highest BCUT2D eigenvalue weighted by Crippen LogP contribution is 2.02. The van der Waals surface area contributed by atoms with E-state index in [-0.39, 0.29) is 0 Å². The quantitative estimate of drug-likeness (QED) is 0.765. The van der Waals surface area contributed by atoms with Gasteiger partial charge in [-0.2, -0.15) is 0 Å². The second-order valence-electron chi connectivity index (χ2n) is 3.18. The van der Waals surface area contributed by atoms with E-state index < -0.39 is 0 Å². The summed E-state index contributed by atoms with van der Waals surface area (Å²) in [4.78, 5) is 8.19. The molecule has 0 aromatic carbocycles. The molecule has 0 radical (unpaired) electrons. The van der Waals surface area contributed by atoms with E-state index in [2.05, 4.69) is 9.97 Å². The lowest BCUT2D eigenvalue weighted by molar-refractivity contribution is 0.657. The number of nitrogens with zero attached hydrogens (tertiary/aromatic N) is 4. The Labute approximate surface area is 82.2 Å². The van der Waals surface area contributed by atoms with Crippen molar-refractivity contribution in [3.8, 4) is 0 Å². The van der Waals surface area contributed by atoms with Crippen LogP contribution < -0.4 is 5.73 Å². The highest BCUT2D eigenvalue weighted by Gasteiger charge is 2.01. The molecule has 2 N–H and O–H groups in total. The van der Waals surface area contributed by atoms with Crippen molar-refractivity contribution in [1.29, 1.82) is 0 Å². The number of hydrogen-bond donors (Lipinski definition) is 1. The molecule has 0 amide bonds. The lowest BCUT2D eigenvalue weighted by atomic mass is 10.4. The van der Waals surface area contributed by atoms with Gasteiger partial charge in [-0.3, -0.25) is 0 Å². The first-order valence-electron chi connectivity index (χ1n) is 4.50. The zero-order chi connectivity index (χ0) is 9.97. The SMILES string of the molecule is Cn1ccnc1CCn1ccnc1N. The summed E-state index contributed by atoms with van der Waals surface area (Å²) in [6.45, 7) is 0.816. The Morgan fingerprint density at radius 3 is 2.64 bits per heavy atom. The van der Waals surface area contributed by atoms with Crippen molar-refractivity contribution in [2.75, 3.05) is 5.73 Å². The molecule has 2 rings (SSSR count). The van der Waals surface area contributed by atoms with Crippen LogP contribution in [0.5, 0.6) is 0 Å². The third-order valence-electron chi connectivity index (χ3n) is 2.24. The van der Waals surface area contributed by atoms with Crippen molar-refractivity contribution >= 4 is 5.95 Å². The number of rotatable bonds is 3. The van der Waals surface area contributed by atoms with Crippen LogP contribution in [0.25, 0.3) is 0 Å². The van der Waals surface area contributed by atoms with Gasteiger partial charge in [0.25, 0.3) is 0 Å². The molecule has 0 aliphatic carbocycles. The number of aryl methyl sites for hydroxylation is 3. The smallest absolute Gasteiger partial charge is 0.200 e. The van der Waals surface area contributed by atoms with E-state index in [1.807, 2.05) is 28.6 Å². The predicted octanol–water partition coefficient (Wildman–Crippen LogP) is 0.441. The molecule has 14 heavy (non-hydrogen) atoms. The van der Waals surface area contributed by atoms with Crippen LogP contribution >= 0.6 is 0 Å². The van der Waals surface area contributed by atoms with Crippen LogP contribution in [0.4, 0.5) is 5.95 Å². The standard InChI is InChI=1S/C9H13N5/c1-13-6-3-11-8(13)2-5-14-7-4-12-9(14)10/h3-4,6-7H,2,5H2,1H3,(H2,10,12). The molecule has 0 fully saturated rings. The molecular formula is C9H13N5. The summed E-state index contributed by atoms with van der Waals surface area (Å²) in [7, 11) is 1.99. The van der Waals surface area contributed by atoms with E-state index in [9.17, 15) is 0 Å². The Morgan fingerprint density at radius 1 is 1.29 bits per heavy atom. The third-order valence-corrected chi connectivity index (χ3v) is 2.24. The normalized spacial score (nSPS) is 10.6. The lowest BCUT2D eigenvalue weighted by Crippen LogP contribution is -2.07. The van der Waals surface area contributed by atoms with Crippen LogP contribution in [0.3, 0.4) is 0 Å². The molecule has 74 valence electrons. The Hall–Kier alpha value is -1.78. The minimum absolute atomic E-state index is 0.555. The zero-order valence-corrected chi connectivity index (χ0v) is 8.09. The van der Waals surface area contributed by atoms with E-state index in [4.69, 9.17) is 5.73 Å². The fourth-order valence-electron chi connectivity index (χ4n) is 1.39. The molecule has 5 heteroatoms. The van der Waals surface area contributed by atoms with Gasteiger partial charge in [-0.15, -0.1) is 0 Å². The van der Waals surface area contributed by atoms with Gasteiger partial charge in [0.1, 0.15) is 5.82 Å². The van der Waals surface area contributed by atoms with E-state index in [1.54, 1.807) is 12.4 Å². The van der Waals surface area contributed by atoms with Crippen LogP contribution in [0, 0.1) is 0 Å². The average Bonchev–Trinajstić information content (AvgIpc) is 2.72. The Balaban J connectivity index is 2.02. The lowest BCUT2D eigenvalue weighted by Gasteiger charge is -2.04. The summed E-state index contributed by atoms with van der Waals surface area (Å²) in [5, 5.41) is 0. The van der Waals surface area contributed by atoms with Crippen molar-refractivity contribution in [2.45, 2.75) is 13.0 Å². The first kappa shape index (κ1) is 8.80. The van der Waals surface area contributed by atoms with Gasteiger partial charge < -0.3 is 14.9 Å². The number of imidazole rings is 2. The van der Waals surface area contributed by atoms with Crippen LogP contribution in [-0.2, 0) is 20.0 Å². The molecule has 2 aromatic heterocycles. The number of hydrogen-bond acceptors (Lipinski definition) is 3. The molecule has 0 aliphatic heterocycles. The van der Waals surface area contributed by atoms with Gasteiger partial charge in [0.05, 0.1) is 0 Å². The van der Waals surface area contributed by atoms with Gasteiger partial charge >= 0.3 is 0 Å². The fourth-order valence-corrected chi connectivity index (χ4v) is 1.39. The molecule has 0 bridgehead atoms. The van der Waals surface area contributed by atoms with E-state index in [0.29, 0.717) is 5.95 Å². The summed E-state index contributed by atoms with van der Waals surface area (Å²) in [5.41, 5.74) is 5.64. The highest BCUT2D eigenvalue weighted by atomic mass is 15.1. The number of anilines is 1. The number of aromatic nitrogens is 4. The summed E-state index contributed by atoms with van der Waals surface area (Å²) in [6.07, 6.45) is 8.18. The first-order valence-corrected chi connectivity index (χ1v) is 4.50. The van der Waals surface area contributed by atoms with Gasteiger partial charge in [-0.1, -0.05) is 0 Å². The minimum atomic E-state index is 0.555. The van der Waals surface area contributed by atoms with Crippen LogP contribution in [-0.4, -0.2) is 19.1 Å². The van der Waals surface area contributed by atoms with E-state index in [1.165, 1.54) is 0 Å². The van der Waals surface area contributed by atoms with Gasteiger partial charge in [-0.25, -0.2) is 9.97 Å². The molecule has 0 aliphatic rings. The van der Waals surface area contributed by atoms with E-state index >= 15 is 0 Å². The van der Waals surface area contributed by atoms with Gasteiger partial charge in [0, 0.05) is 44.8 Å². The summed E-state index contributed by atoms with van der Waals surface area (Å²) in [6, 6.07) is 0. The van der Waals surface area contributed by atoms with Gasteiger partial charge in [0.2, 0.25) is 0 Å². The van der Waals surface area contributed by atoms with Crippen molar-refractivity contribution in [3.05, 3.63) is 30.6 Å². The molecule has 2 aromatic rings.